The first-order valence-corrected chi connectivity index (χ1v) is 3.86. The third-order valence-corrected chi connectivity index (χ3v) is 1.90. The van der Waals surface area contributed by atoms with Gasteiger partial charge < -0.3 is 9.97 Å². The first-order chi connectivity index (χ1) is 6.88. The molecule has 3 nitrogen and oxygen atoms in total. The minimum atomic E-state index is -4.64. The Hall–Kier alpha value is -1.79. The summed E-state index contributed by atoms with van der Waals surface area (Å²) in [6, 6.07) is 1.02. The lowest BCUT2D eigenvalue weighted by Crippen LogP contribution is -2.05. The summed E-state index contributed by atoms with van der Waals surface area (Å²) in [5.74, 6) is -1.11. The van der Waals surface area contributed by atoms with E-state index < -0.39 is 23.2 Å². The van der Waals surface area contributed by atoms with Gasteiger partial charge in [0.15, 0.2) is 0 Å². The molecule has 0 saturated heterocycles. The maximum absolute atomic E-state index is 13.1. The Bertz CT molecular complexity index is 566. The van der Waals surface area contributed by atoms with Crippen LogP contribution in [0.15, 0.2) is 16.9 Å². The van der Waals surface area contributed by atoms with E-state index in [1.54, 1.807) is 0 Å². The zero-order valence-electron chi connectivity index (χ0n) is 7.07. The number of nitrogens with one attached hydrogen (secondary N) is 2. The van der Waals surface area contributed by atoms with Gasteiger partial charge in [-0.3, -0.25) is 0 Å². The minimum Gasteiger partial charge on any atom is -0.306 e. The number of imidazole rings is 1. The van der Waals surface area contributed by atoms with Crippen LogP contribution in [-0.2, 0) is 6.18 Å². The summed E-state index contributed by atoms with van der Waals surface area (Å²) < 4.78 is 49.8. The molecule has 80 valence electrons. The van der Waals surface area contributed by atoms with Gasteiger partial charge in [-0.25, -0.2) is 9.18 Å². The number of fused-ring (bicyclic) bond motifs is 1. The van der Waals surface area contributed by atoms with E-state index >= 15 is 0 Å². The van der Waals surface area contributed by atoms with Gasteiger partial charge in [0, 0.05) is 0 Å². The number of hydrogen-bond donors (Lipinski definition) is 2. The number of benzene rings is 1. The van der Waals surface area contributed by atoms with E-state index in [0.29, 0.717) is 12.1 Å². The number of halogens is 4. The van der Waals surface area contributed by atoms with Crippen molar-refractivity contribution in [1.82, 2.24) is 9.97 Å². The Morgan fingerprint density at radius 1 is 1.13 bits per heavy atom. The van der Waals surface area contributed by atoms with E-state index in [-0.39, 0.29) is 11.0 Å². The summed E-state index contributed by atoms with van der Waals surface area (Å²) in [5.41, 5.74) is -2.34. The van der Waals surface area contributed by atoms with Gasteiger partial charge in [-0.2, -0.15) is 13.2 Å². The third kappa shape index (κ3) is 1.60. The number of hydrogen-bond acceptors (Lipinski definition) is 1. The Morgan fingerprint density at radius 2 is 1.80 bits per heavy atom. The van der Waals surface area contributed by atoms with Gasteiger partial charge in [0.2, 0.25) is 0 Å². The Morgan fingerprint density at radius 3 is 2.40 bits per heavy atom. The highest BCUT2D eigenvalue weighted by Crippen LogP contribution is 2.31. The normalized spacial score (nSPS) is 12.3. The summed E-state index contributed by atoms with van der Waals surface area (Å²) in [6.07, 6.45) is -4.64. The van der Waals surface area contributed by atoms with Crippen LogP contribution >= 0.6 is 0 Å². The van der Waals surface area contributed by atoms with E-state index in [9.17, 15) is 22.4 Å². The minimum absolute atomic E-state index is 0.202. The topological polar surface area (TPSA) is 48.6 Å². The molecule has 0 aliphatic heterocycles. The highest BCUT2D eigenvalue weighted by molar-refractivity contribution is 5.76. The van der Waals surface area contributed by atoms with Gasteiger partial charge >= 0.3 is 11.9 Å². The SMILES string of the molecule is O=c1[nH]c2cc(C(F)(F)F)cc(F)c2[nH]1. The summed E-state index contributed by atoms with van der Waals surface area (Å²) >= 11 is 0. The molecule has 0 bridgehead atoms. The van der Waals surface area contributed by atoms with Gasteiger partial charge in [0.25, 0.3) is 0 Å². The highest BCUT2D eigenvalue weighted by atomic mass is 19.4. The standard InChI is InChI=1S/C8H4F4N2O/c9-4-1-3(8(10,11)12)2-5-6(4)14-7(15)13-5/h1-2H,(H2,13,14,15). The molecular formula is C8H4F4N2O. The van der Waals surface area contributed by atoms with Crippen LogP contribution in [0.1, 0.15) is 5.56 Å². The summed E-state index contributed by atoms with van der Waals surface area (Å²) in [4.78, 5) is 14.9. The van der Waals surface area contributed by atoms with Gasteiger partial charge in [-0.05, 0) is 12.1 Å². The lowest BCUT2D eigenvalue weighted by atomic mass is 10.2. The van der Waals surface area contributed by atoms with Crippen molar-refractivity contribution >= 4 is 11.0 Å². The van der Waals surface area contributed by atoms with Crippen LogP contribution in [0.25, 0.3) is 11.0 Å². The molecule has 0 aliphatic carbocycles. The van der Waals surface area contributed by atoms with Crippen molar-refractivity contribution < 1.29 is 17.6 Å². The summed E-state index contributed by atoms with van der Waals surface area (Å²) in [6.45, 7) is 0. The lowest BCUT2D eigenvalue weighted by Gasteiger charge is -2.06. The molecule has 2 N–H and O–H groups in total. The van der Waals surface area contributed by atoms with Crippen LogP contribution in [0.3, 0.4) is 0 Å². The third-order valence-electron chi connectivity index (χ3n) is 1.90. The molecule has 0 fully saturated rings. The maximum Gasteiger partial charge on any atom is 0.416 e. The van der Waals surface area contributed by atoms with Crippen LogP contribution in [0, 0.1) is 5.82 Å². The fourth-order valence-electron chi connectivity index (χ4n) is 1.26. The Kier molecular flexibility index (Phi) is 1.85. The van der Waals surface area contributed by atoms with Crippen molar-refractivity contribution in [1.29, 1.82) is 0 Å². The van der Waals surface area contributed by atoms with Crippen molar-refractivity contribution in [3.63, 3.8) is 0 Å². The van der Waals surface area contributed by atoms with E-state index in [0.717, 1.165) is 0 Å². The number of H-pyrrole nitrogens is 2. The second-order valence-corrected chi connectivity index (χ2v) is 2.96. The zero-order valence-corrected chi connectivity index (χ0v) is 7.07. The average Bonchev–Trinajstić information content (AvgIpc) is 2.44. The molecule has 7 heteroatoms. The molecule has 0 spiro atoms. The molecule has 1 heterocycles. The molecule has 2 rings (SSSR count). The molecular weight excluding hydrogens is 216 g/mol. The van der Waals surface area contributed by atoms with Crippen molar-refractivity contribution in [2.45, 2.75) is 6.18 Å². The monoisotopic (exact) mass is 220 g/mol. The van der Waals surface area contributed by atoms with Gasteiger partial charge in [-0.15, -0.1) is 0 Å². The zero-order chi connectivity index (χ0) is 11.2. The summed E-state index contributed by atoms with van der Waals surface area (Å²) in [7, 11) is 0. The molecule has 0 saturated carbocycles. The lowest BCUT2D eigenvalue weighted by molar-refractivity contribution is -0.137. The van der Waals surface area contributed by atoms with E-state index in [1.807, 2.05) is 0 Å². The molecule has 0 unspecified atom stereocenters. The van der Waals surface area contributed by atoms with E-state index in [4.69, 9.17) is 0 Å². The molecule has 1 aromatic heterocycles. The molecule has 2 aromatic rings. The van der Waals surface area contributed by atoms with Crippen LogP contribution < -0.4 is 5.69 Å². The van der Waals surface area contributed by atoms with Gasteiger partial charge in [-0.1, -0.05) is 0 Å². The van der Waals surface area contributed by atoms with Gasteiger partial charge in [0.05, 0.1) is 11.1 Å². The van der Waals surface area contributed by atoms with Crippen molar-refractivity contribution in [2.24, 2.45) is 0 Å². The van der Waals surface area contributed by atoms with Crippen molar-refractivity contribution in [3.05, 3.63) is 34.0 Å². The second kappa shape index (κ2) is 2.85. The molecule has 15 heavy (non-hydrogen) atoms. The molecule has 0 radical (unpaired) electrons. The maximum atomic E-state index is 13.1. The van der Waals surface area contributed by atoms with Gasteiger partial charge in [0.1, 0.15) is 11.3 Å². The first kappa shape index (κ1) is 9.75. The van der Waals surface area contributed by atoms with E-state index in [1.165, 1.54) is 0 Å². The van der Waals surface area contributed by atoms with Crippen LogP contribution in [0.2, 0.25) is 0 Å². The first-order valence-electron chi connectivity index (χ1n) is 3.86. The second-order valence-electron chi connectivity index (χ2n) is 2.96. The predicted molar refractivity (Wildman–Crippen MR) is 43.9 cm³/mol. The number of alkyl halides is 3. The molecule has 0 atom stereocenters. The van der Waals surface area contributed by atoms with E-state index in [2.05, 4.69) is 9.97 Å². The smallest absolute Gasteiger partial charge is 0.306 e. The van der Waals surface area contributed by atoms with Crippen molar-refractivity contribution in [3.8, 4) is 0 Å². The number of aromatic nitrogens is 2. The fourth-order valence-corrected chi connectivity index (χ4v) is 1.26. The van der Waals surface area contributed by atoms with Crippen molar-refractivity contribution in [2.75, 3.05) is 0 Å². The Balaban J connectivity index is 2.78. The molecule has 0 aliphatic rings. The Labute approximate surface area is 79.7 Å². The van der Waals surface area contributed by atoms with Crippen LogP contribution in [-0.4, -0.2) is 9.97 Å². The fraction of sp³-hybridized carbons (Fsp3) is 0.125. The predicted octanol–water partition coefficient (Wildman–Crippen LogP) is 2.01. The average molecular weight is 220 g/mol. The number of rotatable bonds is 0. The largest absolute Gasteiger partial charge is 0.416 e. The number of aromatic amines is 2. The van der Waals surface area contributed by atoms with Crippen LogP contribution in [0.5, 0.6) is 0 Å². The van der Waals surface area contributed by atoms with Crippen LogP contribution in [0.4, 0.5) is 17.6 Å². The molecule has 1 aromatic carbocycles. The highest BCUT2D eigenvalue weighted by Gasteiger charge is 2.31. The summed E-state index contributed by atoms with van der Waals surface area (Å²) in [5, 5.41) is 0. The molecule has 0 amide bonds. The quantitative estimate of drug-likeness (QED) is 0.655.